The normalized spacial score (nSPS) is 12.5. The van der Waals surface area contributed by atoms with E-state index in [-0.39, 0.29) is 5.91 Å². The molecule has 0 bridgehead atoms. The Kier molecular flexibility index (Phi) is 4.69. The Hall–Kier alpha value is -1.36. The molecule has 0 saturated carbocycles. The van der Waals surface area contributed by atoms with Crippen molar-refractivity contribution in [2.75, 3.05) is 6.54 Å². The second-order valence-corrected chi connectivity index (χ2v) is 4.43. The van der Waals surface area contributed by atoms with Crippen molar-refractivity contribution in [3.8, 4) is 0 Å². The number of aliphatic hydroxyl groups excluding tert-OH is 1. The maximum absolute atomic E-state index is 11.5. The van der Waals surface area contributed by atoms with E-state index in [1.54, 1.807) is 6.92 Å². The summed E-state index contributed by atoms with van der Waals surface area (Å²) < 4.78 is 1.83. The Morgan fingerprint density at radius 2 is 2.18 bits per heavy atom. The first kappa shape index (κ1) is 13.7. The van der Waals surface area contributed by atoms with E-state index in [1.165, 1.54) is 0 Å². The van der Waals surface area contributed by atoms with Gasteiger partial charge in [0.15, 0.2) is 0 Å². The molecule has 5 heteroatoms. The number of hydrogen-bond acceptors (Lipinski definition) is 3. The summed E-state index contributed by atoms with van der Waals surface area (Å²) in [6.45, 7) is 5.92. The Bertz CT molecular complexity index is 397. The van der Waals surface area contributed by atoms with Gasteiger partial charge in [-0.1, -0.05) is 0 Å². The van der Waals surface area contributed by atoms with E-state index in [9.17, 15) is 4.79 Å². The summed E-state index contributed by atoms with van der Waals surface area (Å²) >= 11 is 0. The van der Waals surface area contributed by atoms with E-state index in [0.29, 0.717) is 19.4 Å². The van der Waals surface area contributed by atoms with Gasteiger partial charge in [-0.05, 0) is 32.8 Å². The van der Waals surface area contributed by atoms with Crippen molar-refractivity contribution in [3.63, 3.8) is 0 Å². The number of nitrogens with zero attached hydrogens (tertiary/aromatic N) is 2. The van der Waals surface area contributed by atoms with Crippen LogP contribution in [-0.4, -0.2) is 33.4 Å². The summed E-state index contributed by atoms with van der Waals surface area (Å²) in [5.41, 5.74) is 3.22. The Morgan fingerprint density at radius 3 is 2.65 bits per heavy atom. The van der Waals surface area contributed by atoms with Gasteiger partial charge in [-0.25, -0.2) is 0 Å². The largest absolute Gasteiger partial charge is 0.392 e. The second kappa shape index (κ2) is 5.82. The van der Waals surface area contributed by atoms with E-state index in [2.05, 4.69) is 10.4 Å². The fraction of sp³-hybridized carbons (Fsp3) is 0.667. The van der Waals surface area contributed by atoms with Crippen LogP contribution in [0.1, 0.15) is 30.3 Å². The second-order valence-electron chi connectivity index (χ2n) is 4.43. The van der Waals surface area contributed by atoms with Gasteiger partial charge in [0.1, 0.15) is 0 Å². The zero-order chi connectivity index (χ0) is 13.0. The van der Waals surface area contributed by atoms with Gasteiger partial charge in [-0.2, -0.15) is 5.10 Å². The molecular weight excluding hydrogens is 218 g/mol. The molecule has 0 aliphatic heterocycles. The van der Waals surface area contributed by atoms with Crippen LogP contribution in [0.5, 0.6) is 0 Å². The lowest BCUT2D eigenvalue weighted by Gasteiger charge is -2.07. The molecule has 0 aromatic carbocycles. The molecule has 0 spiro atoms. The Morgan fingerprint density at radius 1 is 1.53 bits per heavy atom. The molecule has 1 heterocycles. The molecule has 1 atom stereocenters. The summed E-state index contributed by atoms with van der Waals surface area (Å²) in [7, 11) is 1.90. The van der Waals surface area contributed by atoms with Crippen LogP contribution in [0.25, 0.3) is 0 Å². The van der Waals surface area contributed by atoms with Crippen LogP contribution in [0.2, 0.25) is 0 Å². The lowest BCUT2D eigenvalue weighted by molar-refractivity contribution is -0.121. The van der Waals surface area contributed by atoms with Crippen LogP contribution < -0.4 is 5.32 Å². The highest BCUT2D eigenvalue weighted by Gasteiger charge is 2.11. The van der Waals surface area contributed by atoms with E-state index in [0.717, 1.165) is 17.0 Å². The molecule has 1 aromatic rings. The molecule has 1 rings (SSSR count). The summed E-state index contributed by atoms with van der Waals surface area (Å²) in [5.74, 6) is -0.0337. The highest BCUT2D eigenvalue weighted by molar-refractivity contribution is 5.76. The van der Waals surface area contributed by atoms with Crippen molar-refractivity contribution < 1.29 is 9.90 Å². The number of aromatic nitrogens is 2. The molecular formula is C12H21N3O2. The van der Waals surface area contributed by atoms with Crippen molar-refractivity contribution >= 4 is 5.91 Å². The molecule has 5 nitrogen and oxygen atoms in total. The minimum Gasteiger partial charge on any atom is -0.392 e. The third-order valence-electron chi connectivity index (χ3n) is 2.86. The fourth-order valence-corrected chi connectivity index (χ4v) is 1.77. The van der Waals surface area contributed by atoms with Crippen LogP contribution >= 0.6 is 0 Å². The number of aliphatic hydroxyl groups is 1. The molecule has 0 aliphatic rings. The summed E-state index contributed by atoms with van der Waals surface area (Å²) in [6.07, 6.45) is 0.623. The van der Waals surface area contributed by atoms with Crippen LogP contribution in [0, 0.1) is 13.8 Å². The summed E-state index contributed by atoms with van der Waals surface area (Å²) in [6, 6.07) is 0. The highest BCUT2D eigenvalue weighted by atomic mass is 16.3. The first-order chi connectivity index (χ1) is 7.91. The van der Waals surface area contributed by atoms with Gasteiger partial charge in [0.05, 0.1) is 11.8 Å². The van der Waals surface area contributed by atoms with Crippen LogP contribution in [0.3, 0.4) is 0 Å². The van der Waals surface area contributed by atoms with Crippen molar-refractivity contribution in [2.24, 2.45) is 7.05 Å². The van der Waals surface area contributed by atoms with E-state index < -0.39 is 6.10 Å². The van der Waals surface area contributed by atoms with Gasteiger partial charge in [-0.15, -0.1) is 0 Å². The van der Waals surface area contributed by atoms with Crippen molar-refractivity contribution in [2.45, 2.75) is 39.7 Å². The van der Waals surface area contributed by atoms with Crippen molar-refractivity contribution in [3.05, 3.63) is 17.0 Å². The zero-order valence-corrected chi connectivity index (χ0v) is 10.9. The molecule has 1 amide bonds. The average molecular weight is 239 g/mol. The topological polar surface area (TPSA) is 67.2 Å². The number of hydrogen-bond donors (Lipinski definition) is 2. The van der Waals surface area contributed by atoms with E-state index in [1.807, 2.05) is 25.6 Å². The van der Waals surface area contributed by atoms with Gasteiger partial charge in [0.25, 0.3) is 0 Å². The Labute approximate surface area is 102 Å². The molecule has 96 valence electrons. The molecule has 17 heavy (non-hydrogen) atoms. The average Bonchev–Trinajstić information content (AvgIpc) is 2.48. The van der Waals surface area contributed by atoms with Crippen molar-refractivity contribution in [1.29, 1.82) is 0 Å². The molecule has 2 N–H and O–H groups in total. The van der Waals surface area contributed by atoms with Crippen LogP contribution in [0.4, 0.5) is 0 Å². The summed E-state index contributed by atoms with van der Waals surface area (Å²) in [5, 5.41) is 16.0. The minimum absolute atomic E-state index is 0.0337. The minimum atomic E-state index is -0.499. The first-order valence-corrected chi connectivity index (χ1v) is 5.85. The number of carbonyl (C=O) groups excluding carboxylic acids is 1. The van der Waals surface area contributed by atoms with E-state index in [4.69, 9.17) is 5.11 Å². The standard InChI is InChI=1S/C12H21N3O2/c1-8(16)7-13-12(17)6-5-11-9(2)14-15(4)10(11)3/h8,16H,5-7H2,1-4H3,(H,13,17)/t8-/m0/s1. The van der Waals surface area contributed by atoms with Gasteiger partial charge in [-0.3, -0.25) is 9.48 Å². The third-order valence-corrected chi connectivity index (χ3v) is 2.86. The molecule has 0 fully saturated rings. The monoisotopic (exact) mass is 239 g/mol. The lowest BCUT2D eigenvalue weighted by Crippen LogP contribution is -2.30. The van der Waals surface area contributed by atoms with E-state index >= 15 is 0 Å². The molecule has 0 aliphatic carbocycles. The maximum Gasteiger partial charge on any atom is 0.220 e. The highest BCUT2D eigenvalue weighted by Crippen LogP contribution is 2.13. The fourth-order valence-electron chi connectivity index (χ4n) is 1.77. The molecule has 0 unspecified atom stereocenters. The lowest BCUT2D eigenvalue weighted by atomic mass is 10.1. The van der Waals surface area contributed by atoms with Crippen molar-refractivity contribution in [1.82, 2.24) is 15.1 Å². The predicted octanol–water partition coefficient (Wildman–Crippen LogP) is 0.467. The Balaban J connectivity index is 2.47. The number of amides is 1. The van der Waals surface area contributed by atoms with Gasteiger partial charge in [0.2, 0.25) is 5.91 Å². The summed E-state index contributed by atoms with van der Waals surface area (Å²) in [4.78, 5) is 11.5. The number of rotatable bonds is 5. The SMILES string of the molecule is Cc1nn(C)c(C)c1CCC(=O)NC[C@H](C)O. The zero-order valence-electron chi connectivity index (χ0n) is 10.9. The van der Waals surface area contributed by atoms with Gasteiger partial charge >= 0.3 is 0 Å². The maximum atomic E-state index is 11.5. The number of aryl methyl sites for hydroxylation is 2. The molecule has 0 radical (unpaired) electrons. The third kappa shape index (κ3) is 3.85. The van der Waals surface area contributed by atoms with Gasteiger partial charge < -0.3 is 10.4 Å². The quantitative estimate of drug-likeness (QED) is 0.784. The predicted molar refractivity (Wildman–Crippen MR) is 65.7 cm³/mol. The van der Waals surface area contributed by atoms with Gasteiger partial charge in [0, 0.05) is 25.7 Å². The smallest absolute Gasteiger partial charge is 0.220 e. The first-order valence-electron chi connectivity index (χ1n) is 5.85. The number of carbonyl (C=O) groups is 1. The molecule has 0 saturated heterocycles. The van der Waals surface area contributed by atoms with Crippen LogP contribution in [0.15, 0.2) is 0 Å². The number of nitrogens with one attached hydrogen (secondary N) is 1. The van der Waals surface area contributed by atoms with Crippen LogP contribution in [-0.2, 0) is 18.3 Å². The molecule has 1 aromatic heterocycles.